The molecule has 0 unspecified atom stereocenters. The molecule has 0 aliphatic carbocycles. The summed E-state index contributed by atoms with van der Waals surface area (Å²) in [6.45, 7) is 0. The Hall–Kier alpha value is 1.68. The van der Waals surface area contributed by atoms with E-state index in [2.05, 4.69) is 0 Å². The summed E-state index contributed by atoms with van der Waals surface area (Å²) in [7, 11) is -4.17. The Kier molecular flexibility index (Phi) is 8.20. The number of fused-ring (bicyclic) bond motifs is 1. The van der Waals surface area contributed by atoms with Gasteiger partial charge in [-0.05, 0) is 35.0 Å². The van der Waals surface area contributed by atoms with E-state index >= 15 is 0 Å². The van der Waals surface area contributed by atoms with Crippen molar-refractivity contribution in [1.29, 1.82) is 0 Å². The Bertz CT molecular complexity index is 634. The van der Waals surface area contributed by atoms with Crippen LogP contribution in [-0.2, 0) is 10.1 Å². The summed E-state index contributed by atoms with van der Waals surface area (Å²) in [6, 6.07) is 8.72. The smallest absolute Gasteiger partial charge is 1.00 e. The molecule has 7 heteroatoms. The van der Waals surface area contributed by atoms with Crippen LogP contribution < -0.4 is 103 Å². The van der Waals surface area contributed by atoms with Crippen LogP contribution in [0.3, 0.4) is 0 Å². The van der Waals surface area contributed by atoms with Crippen molar-refractivity contribution >= 4 is 20.9 Å². The second-order valence-corrected chi connectivity index (χ2v) is 4.59. The molecule has 2 aromatic rings. The molecule has 0 atom stereocenters. The Morgan fingerprint density at radius 3 is 2.06 bits per heavy atom. The van der Waals surface area contributed by atoms with Crippen LogP contribution >= 0.6 is 0 Å². The Balaban J connectivity index is -0.000000640. The van der Waals surface area contributed by atoms with Crippen LogP contribution in [-0.4, -0.2) is 18.1 Å². The summed E-state index contributed by atoms with van der Waals surface area (Å²) in [6.07, 6.45) is 0. The monoisotopic (exact) mass is 304 g/mol. The Morgan fingerprint density at radius 2 is 1.47 bits per heavy atom. The third-order valence-electron chi connectivity index (χ3n) is 2.09. The molecule has 82 valence electrons. The number of hydrogen-bond acceptors (Lipinski definition) is 3. The zero-order chi connectivity index (χ0) is 11.1. The van der Waals surface area contributed by atoms with Gasteiger partial charge in [-0.1, -0.05) is 12.1 Å². The molecule has 0 spiro atoms. The van der Waals surface area contributed by atoms with Gasteiger partial charge in [0.2, 0.25) is 0 Å². The molecule has 0 heterocycles. The fraction of sp³-hybridized carbons (Fsp3) is 0. The van der Waals surface area contributed by atoms with Crippen LogP contribution in [0.4, 0.5) is 0 Å². The minimum Gasteiger partial charge on any atom is -1.00 e. The van der Waals surface area contributed by atoms with Crippen molar-refractivity contribution in [3.8, 4) is 5.75 Å². The molecular formula is C10H10K2O4S. The number of benzene rings is 2. The molecule has 4 nitrogen and oxygen atoms in total. The summed E-state index contributed by atoms with van der Waals surface area (Å²) >= 11 is 0. The minimum atomic E-state index is -4.17. The van der Waals surface area contributed by atoms with Crippen molar-refractivity contribution in [3.63, 3.8) is 0 Å². The molecule has 0 aliphatic rings. The third kappa shape index (κ3) is 4.94. The predicted octanol–water partition coefficient (Wildman–Crippen LogP) is -3.97. The molecular weight excluding hydrogens is 294 g/mol. The van der Waals surface area contributed by atoms with Gasteiger partial charge in [0.05, 0.1) is 4.90 Å². The van der Waals surface area contributed by atoms with Gasteiger partial charge in [-0.3, -0.25) is 4.55 Å². The molecule has 0 bridgehead atoms. The first-order valence-corrected chi connectivity index (χ1v) is 5.61. The Morgan fingerprint density at radius 1 is 0.941 bits per heavy atom. The van der Waals surface area contributed by atoms with E-state index in [0.29, 0.717) is 10.8 Å². The van der Waals surface area contributed by atoms with Crippen molar-refractivity contribution in [3.05, 3.63) is 36.4 Å². The van der Waals surface area contributed by atoms with Gasteiger partial charge in [-0.15, -0.1) is 0 Å². The topological polar surface area (TPSA) is 74.6 Å². The zero-order valence-electron chi connectivity index (χ0n) is 11.6. The first kappa shape index (κ1) is 18.7. The van der Waals surface area contributed by atoms with Crippen LogP contribution in [0.25, 0.3) is 10.8 Å². The van der Waals surface area contributed by atoms with Gasteiger partial charge >= 0.3 is 103 Å². The van der Waals surface area contributed by atoms with Crippen molar-refractivity contribution in [1.82, 2.24) is 0 Å². The Labute approximate surface area is 187 Å². The van der Waals surface area contributed by atoms with E-state index in [4.69, 9.17) is 4.55 Å². The van der Waals surface area contributed by atoms with Gasteiger partial charge in [0.1, 0.15) is 5.75 Å². The van der Waals surface area contributed by atoms with Gasteiger partial charge in [-0.25, -0.2) is 0 Å². The van der Waals surface area contributed by atoms with Crippen molar-refractivity contribution in [2.75, 3.05) is 0 Å². The van der Waals surface area contributed by atoms with E-state index in [0.717, 1.165) is 0 Å². The molecule has 2 aromatic carbocycles. The third-order valence-corrected chi connectivity index (χ3v) is 2.94. The van der Waals surface area contributed by atoms with Crippen molar-refractivity contribution < 1.29 is 124 Å². The molecule has 0 radical (unpaired) electrons. The van der Waals surface area contributed by atoms with Crippen molar-refractivity contribution in [2.45, 2.75) is 4.90 Å². The van der Waals surface area contributed by atoms with Crippen LogP contribution in [0.2, 0.25) is 0 Å². The van der Waals surface area contributed by atoms with Crippen molar-refractivity contribution in [2.24, 2.45) is 0 Å². The standard InChI is InChI=1S/C10H8O4S.2K.2H/c11-9-3-1-8-6-10(15(12,13)14)4-2-7(8)5-9;;;;/h1-6,11H,(H,12,13,14);;;;/q;2*+1;2*-1. The SMILES string of the molecule is O=S(=O)(O)c1ccc2cc(O)ccc2c1.[H-].[H-].[K+].[K+]. The second-order valence-electron chi connectivity index (χ2n) is 3.17. The average molecular weight is 304 g/mol. The van der Waals surface area contributed by atoms with E-state index in [-0.39, 0.29) is 116 Å². The van der Waals surface area contributed by atoms with Gasteiger partial charge in [0, 0.05) is 0 Å². The summed E-state index contributed by atoms with van der Waals surface area (Å²) in [4.78, 5) is -0.152. The first-order valence-electron chi connectivity index (χ1n) is 4.17. The summed E-state index contributed by atoms with van der Waals surface area (Å²) in [5.41, 5.74) is 0. The van der Waals surface area contributed by atoms with E-state index in [1.807, 2.05) is 0 Å². The van der Waals surface area contributed by atoms with Crippen LogP contribution in [0.1, 0.15) is 2.85 Å². The molecule has 0 amide bonds. The van der Waals surface area contributed by atoms with Crippen LogP contribution in [0, 0.1) is 0 Å². The molecule has 0 fully saturated rings. The minimum absolute atomic E-state index is 0. The summed E-state index contributed by atoms with van der Waals surface area (Å²) in [5, 5.41) is 10.5. The quantitative estimate of drug-likeness (QED) is 0.416. The van der Waals surface area contributed by atoms with E-state index in [9.17, 15) is 13.5 Å². The molecule has 0 saturated carbocycles. The molecule has 2 rings (SSSR count). The number of rotatable bonds is 1. The maximum Gasteiger partial charge on any atom is 1.00 e. The maximum absolute atomic E-state index is 10.8. The second kappa shape index (κ2) is 7.46. The fourth-order valence-corrected chi connectivity index (χ4v) is 1.89. The van der Waals surface area contributed by atoms with Gasteiger partial charge in [0.25, 0.3) is 10.1 Å². The van der Waals surface area contributed by atoms with Gasteiger partial charge < -0.3 is 7.96 Å². The van der Waals surface area contributed by atoms with Crippen LogP contribution in [0.5, 0.6) is 5.75 Å². The maximum atomic E-state index is 10.8. The van der Waals surface area contributed by atoms with E-state index in [1.54, 1.807) is 6.07 Å². The average Bonchev–Trinajstić information content (AvgIpc) is 2.15. The van der Waals surface area contributed by atoms with Gasteiger partial charge in [-0.2, -0.15) is 8.42 Å². The molecule has 0 aromatic heterocycles. The number of phenolic OH excluding ortho intramolecular Hbond substituents is 1. The first-order chi connectivity index (χ1) is 6.97. The van der Waals surface area contributed by atoms with Crippen LogP contribution in [0.15, 0.2) is 41.3 Å². The molecule has 0 aliphatic heterocycles. The summed E-state index contributed by atoms with van der Waals surface area (Å²) in [5.74, 6) is 0.113. The fourth-order valence-electron chi connectivity index (χ4n) is 1.37. The largest absolute Gasteiger partial charge is 1.00 e. The summed E-state index contributed by atoms with van der Waals surface area (Å²) < 4.78 is 30.5. The molecule has 0 saturated heterocycles. The zero-order valence-corrected chi connectivity index (χ0v) is 16.6. The number of aromatic hydroxyl groups is 1. The number of hydrogen-bond donors (Lipinski definition) is 2. The predicted molar refractivity (Wildman–Crippen MR) is 57.7 cm³/mol. The van der Waals surface area contributed by atoms with Gasteiger partial charge in [0.15, 0.2) is 0 Å². The molecule has 2 N–H and O–H groups in total. The number of phenols is 1. The van der Waals surface area contributed by atoms with E-state index in [1.165, 1.54) is 30.3 Å². The normalized spacial score (nSPS) is 10.4. The molecule has 17 heavy (non-hydrogen) atoms. The van der Waals surface area contributed by atoms with E-state index < -0.39 is 10.1 Å².